The van der Waals surface area contributed by atoms with E-state index < -0.39 is 11.4 Å². The van der Waals surface area contributed by atoms with Crippen molar-refractivity contribution in [3.63, 3.8) is 0 Å². The van der Waals surface area contributed by atoms with E-state index in [9.17, 15) is 9.90 Å². The van der Waals surface area contributed by atoms with Gasteiger partial charge in [0.05, 0.1) is 12.5 Å². The molecular weight excluding hydrogens is 228 g/mol. The van der Waals surface area contributed by atoms with E-state index in [1.165, 1.54) is 0 Å². The molecule has 0 aliphatic heterocycles. The van der Waals surface area contributed by atoms with E-state index >= 15 is 0 Å². The number of carbonyl (C=O) groups is 1. The van der Waals surface area contributed by atoms with Crippen LogP contribution in [0.4, 0.5) is 0 Å². The average molecular weight is 248 g/mol. The zero-order valence-electron chi connectivity index (χ0n) is 11.4. The maximum atomic E-state index is 11.4. The van der Waals surface area contributed by atoms with Crippen LogP contribution >= 0.6 is 0 Å². The summed E-state index contributed by atoms with van der Waals surface area (Å²) < 4.78 is 5.39. The van der Waals surface area contributed by atoms with Gasteiger partial charge in [-0.05, 0) is 48.4 Å². The van der Waals surface area contributed by atoms with Crippen molar-refractivity contribution in [3.8, 4) is 5.75 Å². The average Bonchev–Trinajstić information content (AvgIpc) is 3.09. The number of aliphatic carboxylic acids is 1. The SMILES string of the molecule is COc1cc(C)c(C2(C(=O)O)CC2)cc1C(C)C. The summed E-state index contributed by atoms with van der Waals surface area (Å²) in [5.41, 5.74) is 2.42. The summed E-state index contributed by atoms with van der Waals surface area (Å²) in [7, 11) is 1.66. The minimum Gasteiger partial charge on any atom is -0.496 e. The fourth-order valence-electron chi connectivity index (χ4n) is 2.57. The molecule has 0 bridgehead atoms. The first-order valence-corrected chi connectivity index (χ1v) is 6.35. The number of benzene rings is 1. The minimum absolute atomic E-state index is 0.323. The van der Waals surface area contributed by atoms with Crippen LogP contribution in [0.3, 0.4) is 0 Å². The van der Waals surface area contributed by atoms with Gasteiger partial charge in [-0.2, -0.15) is 0 Å². The lowest BCUT2D eigenvalue weighted by molar-refractivity contribution is -0.140. The summed E-state index contributed by atoms with van der Waals surface area (Å²) in [5.74, 6) is 0.474. The first-order chi connectivity index (χ1) is 8.42. The first kappa shape index (κ1) is 12.9. The molecule has 1 N–H and O–H groups in total. The topological polar surface area (TPSA) is 46.5 Å². The Morgan fingerprint density at radius 1 is 1.39 bits per heavy atom. The summed E-state index contributed by atoms with van der Waals surface area (Å²) in [6.45, 7) is 6.15. The van der Waals surface area contributed by atoms with Crippen molar-refractivity contribution in [1.82, 2.24) is 0 Å². The Hall–Kier alpha value is -1.51. The molecule has 0 amide bonds. The second-order valence-electron chi connectivity index (χ2n) is 5.45. The van der Waals surface area contributed by atoms with Crippen LogP contribution in [-0.2, 0) is 10.2 Å². The van der Waals surface area contributed by atoms with Gasteiger partial charge in [-0.15, -0.1) is 0 Å². The summed E-state index contributed by atoms with van der Waals surface area (Å²) in [5, 5.41) is 9.41. The fraction of sp³-hybridized carbons (Fsp3) is 0.533. The largest absolute Gasteiger partial charge is 0.496 e. The van der Waals surface area contributed by atoms with Crippen LogP contribution < -0.4 is 4.74 Å². The number of ether oxygens (including phenoxy) is 1. The molecule has 0 aromatic heterocycles. The molecule has 1 saturated carbocycles. The van der Waals surface area contributed by atoms with Gasteiger partial charge in [0.25, 0.3) is 0 Å². The highest BCUT2D eigenvalue weighted by Gasteiger charge is 2.52. The van der Waals surface area contributed by atoms with Crippen molar-refractivity contribution in [3.05, 3.63) is 28.8 Å². The highest BCUT2D eigenvalue weighted by molar-refractivity contribution is 5.85. The van der Waals surface area contributed by atoms with Gasteiger partial charge in [0.1, 0.15) is 5.75 Å². The summed E-state index contributed by atoms with van der Waals surface area (Å²) in [4.78, 5) is 11.4. The highest BCUT2D eigenvalue weighted by Crippen LogP contribution is 2.51. The quantitative estimate of drug-likeness (QED) is 0.889. The molecule has 0 atom stereocenters. The van der Waals surface area contributed by atoms with Gasteiger partial charge < -0.3 is 9.84 Å². The summed E-state index contributed by atoms with van der Waals surface area (Å²) in [6.07, 6.45) is 1.49. The fourth-order valence-corrected chi connectivity index (χ4v) is 2.57. The molecule has 1 aromatic carbocycles. The highest BCUT2D eigenvalue weighted by atomic mass is 16.5. The molecule has 3 heteroatoms. The molecule has 18 heavy (non-hydrogen) atoms. The monoisotopic (exact) mass is 248 g/mol. The minimum atomic E-state index is -0.703. The van der Waals surface area contributed by atoms with E-state index in [2.05, 4.69) is 13.8 Å². The third-order valence-electron chi connectivity index (χ3n) is 3.87. The molecule has 0 spiro atoms. The Bertz CT molecular complexity index is 485. The zero-order chi connectivity index (χ0) is 13.5. The predicted octanol–water partition coefficient (Wildman–Crippen LogP) is 3.24. The molecular formula is C15H20O3. The van der Waals surface area contributed by atoms with Gasteiger partial charge in [-0.3, -0.25) is 4.79 Å². The number of hydrogen-bond donors (Lipinski definition) is 1. The van der Waals surface area contributed by atoms with E-state index in [1.54, 1.807) is 7.11 Å². The molecule has 98 valence electrons. The maximum Gasteiger partial charge on any atom is 0.314 e. The van der Waals surface area contributed by atoms with E-state index in [-0.39, 0.29) is 0 Å². The van der Waals surface area contributed by atoms with Crippen LogP contribution in [0, 0.1) is 6.92 Å². The molecule has 1 aromatic rings. The second-order valence-corrected chi connectivity index (χ2v) is 5.45. The van der Waals surface area contributed by atoms with E-state index in [0.29, 0.717) is 5.92 Å². The Kier molecular flexibility index (Phi) is 3.09. The van der Waals surface area contributed by atoms with Crippen molar-refractivity contribution in [2.45, 2.75) is 44.9 Å². The number of carboxylic acids is 1. The van der Waals surface area contributed by atoms with Crippen LogP contribution in [0.15, 0.2) is 12.1 Å². The second kappa shape index (κ2) is 4.30. The van der Waals surface area contributed by atoms with Gasteiger partial charge in [0.15, 0.2) is 0 Å². The molecule has 0 radical (unpaired) electrons. The van der Waals surface area contributed by atoms with E-state index in [1.807, 2.05) is 19.1 Å². The smallest absolute Gasteiger partial charge is 0.314 e. The molecule has 0 heterocycles. The van der Waals surface area contributed by atoms with Crippen molar-refractivity contribution in [1.29, 1.82) is 0 Å². The Morgan fingerprint density at radius 3 is 2.39 bits per heavy atom. The third-order valence-corrected chi connectivity index (χ3v) is 3.87. The Balaban J connectivity index is 2.56. The summed E-state index contributed by atoms with van der Waals surface area (Å²) in [6, 6.07) is 3.99. The first-order valence-electron chi connectivity index (χ1n) is 6.35. The van der Waals surface area contributed by atoms with Gasteiger partial charge in [-0.25, -0.2) is 0 Å². The van der Waals surface area contributed by atoms with Crippen LogP contribution in [0.1, 0.15) is 49.3 Å². The Morgan fingerprint density at radius 2 is 2.00 bits per heavy atom. The van der Waals surface area contributed by atoms with Crippen LogP contribution in [0.2, 0.25) is 0 Å². The van der Waals surface area contributed by atoms with Crippen molar-refractivity contribution >= 4 is 5.97 Å². The Labute approximate surface area is 108 Å². The molecule has 1 aliphatic carbocycles. The molecule has 3 nitrogen and oxygen atoms in total. The molecule has 1 aliphatic rings. The van der Waals surface area contributed by atoms with Gasteiger partial charge in [0, 0.05) is 0 Å². The van der Waals surface area contributed by atoms with Crippen molar-refractivity contribution in [2.24, 2.45) is 0 Å². The maximum absolute atomic E-state index is 11.4. The predicted molar refractivity (Wildman–Crippen MR) is 70.4 cm³/mol. The molecule has 0 unspecified atom stereocenters. The number of methoxy groups -OCH3 is 1. The van der Waals surface area contributed by atoms with Gasteiger partial charge in [-0.1, -0.05) is 19.9 Å². The van der Waals surface area contributed by atoms with Crippen molar-refractivity contribution < 1.29 is 14.6 Å². The number of rotatable bonds is 4. The lowest BCUT2D eigenvalue weighted by Gasteiger charge is -2.19. The summed E-state index contributed by atoms with van der Waals surface area (Å²) >= 11 is 0. The zero-order valence-corrected chi connectivity index (χ0v) is 11.4. The number of aryl methyl sites for hydroxylation is 1. The molecule has 0 saturated heterocycles. The van der Waals surface area contributed by atoms with Crippen LogP contribution in [0.5, 0.6) is 5.75 Å². The van der Waals surface area contributed by atoms with E-state index in [4.69, 9.17) is 4.74 Å². The standard InChI is InChI=1S/C15H20O3/c1-9(2)11-8-12(10(3)7-13(11)18-4)15(5-6-15)14(16)17/h7-9H,5-6H2,1-4H3,(H,16,17). The normalized spacial score (nSPS) is 16.7. The van der Waals surface area contributed by atoms with Crippen molar-refractivity contribution in [2.75, 3.05) is 7.11 Å². The van der Waals surface area contributed by atoms with Gasteiger partial charge in [0.2, 0.25) is 0 Å². The third kappa shape index (κ3) is 1.88. The number of carboxylic acid groups (broad SMARTS) is 1. The lowest BCUT2D eigenvalue weighted by atomic mass is 9.87. The molecule has 1 fully saturated rings. The van der Waals surface area contributed by atoms with Gasteiger partial charge >= 0.3 is 5.97 Å². The number of hydrogen-bond acceptors (Lipinski definition) is 2. The lowest BCUT2D eigenvalue weighted by Crippen LogP contribution is -2.21. The van der Waals surface area contributed by atoms with Crippen LogP contribution in [-0.4, -0.2) is 18.2 Å². The van der Waals surface area contributed by atoms with Crippen LogP contribution in [0.25, 0.3) is 0 Å². The van der Waals surface area contributed by atoms with E-state index in [0.717, 1.165) is 35.3 Å². The molecule has 2 rings (SSSR count).